The summed E-state index contributed by atoms with van der Waals surface area (Å²) in [6.07, 6.45) is 7.42. The molecule has 220 valence electrons. The molecule has 2 rings (SSSR count). The zero-order valence-corrected chi connectivity index (χ0v) is 26.0. The summed E-state index contributed by atoms with van der Waals surface area (Å²) < 4.78 is 53.5. The molecule has 0 bridgehead atoms. The summed E-state index contributed by atoms with van der Waals surface area (Å²) in [6.45, 7) is 14.0. The van der Waals surface area contributed by atoms with Gasteiger partial charge in [-0.2, -0.15) is 0 Å². The number of sulfonamides is 2. The summed E-state index contributed by atoms with van der Waals surface area (Å²) in [5.41, 5.74) is 9.74. The lowest BCUT2D eigenvalue weighted by Crippen LogP contribution is -2.58. The van der Waals surface area contributed by atoms with Crippen molar-refractivity contribution in [2.24, 2.45) is 22.6 Å². The van der Waals surface area contributed by atoms with Crippen LogP contribution < -0.4 is 22.1 Å². The van der Waals surface area contributed by atoms with Gasteiger partial charge in [-0.3, -0.25) is 22.1 Å². The maximum Gasteiger partial charge on any atom is 0.216 e. The molecule has 5 N–H and O–H groups in total. The van der Waals surface area contributed by atoms with Crippen molar-refractivity contribution >= 4 is 20.0 Å². The summed E-state index contributed by atoms with van der Waals surface area (Å²) in [7, 11) is -4.94. The van der Waals surface area contributed by atoms with E-state index in [1.807, 2.05) is 0 Å². The molecule has 0 aromatic carbocycles. The number of hydrogen-bond acceptors (Lipinski definition) is 8. The van der Waals surface area contributed by atoms with Crippen molar-refractivity contribution in [1.82, 2.24) is 24.9 Å². The van der Waals surface area contributed by atoms with E-state index >= 15 is 0 Å². The highest BCUT2D eigenvalue weighted by Crippen LogP contribution is 2.32. The first-order valence-electron chi connectivity index (χ1n) is 13.7. The third-order valence-electron chi connectivity index (χ3n) is 7.81. The number of nitrogens with one attached hydrogen (secondary N) is 3. The van der Waals surface area contributed by atoms with Crippen LogP contribution in [0.3, 0.4) is 0 Å². The van der Waals surface area contributed by atoms with Crippen LogP contribution in [0, 0.1) is 16.7 Å². The molecule has 2 fully saturated rings. The van der Waals surface area contributed by atoms with Crippen molar-refractivity contribution < 1.29 is 16.8 Å². The van der Waals surface area contributed by atoms with Gasteiger partial charge in [-0.25, -0.2) is 25.4 Å². The molecular formula is C25H54N6O4S2. The van der Waals surface area contributed by atoms with Gasteiger partial charge in [-0.1, -0.05) is 48.0 Å². The van der Waals surface area contributed by atoms with E-state index < -0.39 is 20.0 Å². The minimum Gasteiger partial charge on any atom is -0.271 e. The maximum atomic E-state index is 12.6. The molecule has 2 aliphatic carbocycles. The SMILES string of the molecule is CN(C[C@@H](NN)C1CCCC(NN[C@H](CN(CCC(C)(C)C)S(C)(=O)=O)C(C)(C)C)C1)S(=O)(=O)C1CC1. The van der Waals surface area contributed by atoms with Gasteiger partial charge in [0.25, 0.3) is 0 Å². The molecule has 2 aliphatic rings. The summed E-state index contributed by atoms with van der Waals surface area (Å²) in [5, 5.41) is -0.231. The minimum absolute atomic E-state index is 0.0442. The Bertz CT molecular complexity index is 926. The van der Waals surface area contributed by atoms with E-state index in [4.69, 9.17) is 5.84 Å². The Balaban J connectivity index is 2.01. The van der Waals surface area contributed by atoms with Crippen molar-refractivity contribution in [3.05, 3.63) is 0 Å². The molecular weight excluding hydrogens is 512 g/mol. The van der Waals surface area contributed by atoms with Crippen LogP contribution in [0.15, 0.2) is 0 Å². The smallest absolute Gasteiger partial charge is 0.216 e. The number of hydrazine groups is 2. The second kappa shape index (κ2) is 12.9. The molecule has 37 heavy (non-hydrogen) atoms. The van der Waals surface area contributed by atoms with Gasteiger partial charge in [-0.15, -0.1) is 0 Å². The van der Waals surface area contributed by atoms with Crippen molar-refractivity contribution in [1.29, 1.82) is 0 Å². The first-order chi connectivity index (χ1) is 16.8. The van der Waals surface area contributed by atoms with Gasteiger partial charge in [0.2, 0.25) is 20.0 Å². The zero-order chi connectivity index (χ0) is 28.2. The van der Waals surface area contributed by atoms with Crippen molar-refractivity contribution in [2.45, 2.75) is 110 Å². The molecule has 12 heteroatoms. The summed E-state index contributed by atoms with van der Waals surface area (Å²) >= 11 is 0. The van der Waals surface area contributed by atoms with Crippen LogP contribution in [-0.4, -0.2) is 81.8 Å². The van der Waals surface area contributed by atoms with Gasteiger partial charge in [0.05, 0.1) is 11.5 Å². The predicted molar refractivity (Wildman–Crippen MR) is 151 cm³/mol. The zero-order valence-electron chi connectivity index (χ0n) is 24.4. The van der Waals surface area contributed by atoms with E-state index in [1.165, 1.54) is 10.6 Å². The van der Waals surface area contributed by atoms with Crippen LogP contribution >= 0.6 is 0 Å². The molecule has 0 aromatic rings. The number of hydrogen-bond donors (Lipinski definition) is 4. The summed E-state index contributed by atoms with van der Waals surface area (Å²) in [5.74, 6) is 6.13. The van der Waals surface area contributed by atoms with E-state index in [9.17, 15) is 16.8 Å². The second-order valence-corrected chi connectivity index (χ2v) is 17.9. The number of nitrogens with two attached hydrogens (primary N) is 1. The average molecular weight is 567 g/mol. The predicted octanol–water partition coefficient (Wildman–Crippen LogP) is 2.01. The number of rotatable bonds is 14. The van der Waals surface area contributed by atoms with Crippen LogP contribution in [0.2, 0.25) is 0 Å². The highest BCUT2D eigenvalue weighted by atomic mass is 32.2. The van der Waals surface area contributed by atoms with E-state index in [1.54, 1.807) is 11.4 Å². The first-order valence-corrected chi connectivity index (χ1v) is 17.1. The molecule has 0 aromatic heterocycles. The van der Waals surface area contributed by atoms with Crippen LogP contribution in [0.5, 0.6) is 0 Å². The first kappa shape index (κ1) is 32.9. The molecule has 0 radical (unpaired) electrons. The second-order valence-electron chi connectivity index (χ2n) is 13.6. The normalized spacial score (nSPS) is 24.0. The Kier molecular flexibility index (Phi) is 11.4. The van der Waals surface area contributed by atoms with E-state index in [0.717, 1.165) is 44.9 Å². The molecule has 4 atom stereocenters. The molecule has 0 heterocycles. The summed E-state index contributed by atoms with van der Waals surface area (Å²) in [6, 6.07) is -0.0356. The fourth-order valence-corrected chi connectivity index (χ4v) is 7.33. The van der Waals surface area contributed by atoms with Crippen LogP contribution in [0.1, 0.15) is 86.5 Å². The van der Waals surface area contributed by atoms with Crippen molar-refractivity contribution in [3.63, 3.8) is 0 Å². The standard InChI is InChI=1S/C25H54N6O4S2/c1-24(2,3)14-15-31(36(8,32)33)18-23(25(4,5)6)29-28-20-11-9-10-19(16-20)22(27-26)17-30(7)37(34,35)21-12-13-21/h19-23,27-29H,9-18,26H2,1-8H3/t19?,20?,22-,23-/m1/s1. The average Bonchev–Trinajstić information content (AvgIpc) is 3.60. The van der Waals surface area contributed by atoms with Gasteiger partial charge in [0.15, 0.2) is 0 Å². The van der Waals surface area contributed by atoms with E-state index in [-0.39, 0.29) is 40.1 Å². The Labute approximate surface area is 226 Å². The van der Waals surface area contributed by atoms with Gasteiger partial charge in [0, 0.05) is 44.8 Å². The van der Waals surface area contributed by atoms with Crippen LogP contribution in [0.25, 0.3) is 0 Å². The highest BCUT2D eigenvalue weighted by molar-refractivity contribution is 7.90. The lowest BCUT2D eigenvalue weighted by molar-refractivity contribution is 0.158. The van der Waals surface area contributed by atoms with Gasteiger partial charge in [-0.05, 0) is 55.3 Å². The van der Waals surface area contributed by atoms with Gasteiger partial charge >= 0.3 is 0 Å². The quantitative estimate of drug-likeness (QED) is 0.185. The fraction of sp³-hybridized carbons (Fsp3) is 1.00. The van der Waals surface area contributed by atoms with E-state index in [2.05, 4.69) is 57.8 Å². The van der Waals surface area contributed by atoms with E-state index in [0.29, 0.717) is 19.6 Å². The Morgan fingerprint density at radius 1 is 0.973 bits per heavy atom. The molecule has 2 saturated carbocycles. The number of nitrogens with zero attached hydrogens (tertiary/aromatic N) is 2. The third-order valence-corrected chi connectivity index (χ3v) is 11.4. The Morgan fingerprint density at radius 3 is 2.08 bits per heavy atom. The lowest BCUT2D eigenvalue weighted by atomic mass is 9.81. The fourth-order valence-electron chi connectivity index (χ4n) is 4.87. The maximum absolute atomic E-state index is 12.6. The number of likely N-dealkylation sites (N-methyl/N-ethyl adjacent to an activating group) is 1. The van der Waals surface area contributed by atoms with Gasteiger partial charge in [0.1, 0.15) is 0 Å². The largest absolute Gasteiger partial charge is 0.271 e. The monoisotopic (exact) mass is 566 g/mol. The molecule has 0 amide bonds. The van der Waals surface area contributed by atoms with Crippen LogP contribution in [0.4, 0.5) is 0 Å². The topological polar surface area (TPSA) is 137 Å². The third kappa shape index (κ3) is 10.6. The van der Waals surface area contributed by atoms with Crippen molar-refractivity contribution in [3.8, 4) is 0 Å². The molecule has 0 saturated heterocycles. The molecule has 2 unspecified atom stereocenters. The molecule has 10 nitrogen and oxygen atoms in total. The van der Waals surface area contributed by atoms with Gasteiger partial charge < -0.3 is 0 Å². The van der Waals surface area contributed by atoms with Crippen molar-refractivity contribution in [2.75, 3.05) is 32.9 Å². The minimum atomic E-state index is -3.35. The summed E-state index contributed by atoms with van der Waals surface area (Å²) in [4.78, 5) is 0. The molecule has 0 aliphatic heterocycles. The molecule has 0 spiro atoms. The Morgan fingerprint density at radius 2 is 1.59 bits per heavy atom. The van der Waals surface area contributed by atoms with Crippen LogP contribution in [-0.2, 0) is 20.0 Å². The Hall–Kier alpha value is -0.340. The lowest BCUT2D eigenvalue weighted by Gasteiger charge is -2.39. The highest BCUT2D eigenvalue weighted by Gasteiger charge is 2.40.